The van der Waals surface area contributed by atoms with E-state index < -0.39 is 11.8 Å². The van der Waals surface area contributed by atoms with E-state index in [1.165, 1.54) is 5.57 Å². The number of fused-ring (bicyclic) bond motifs is 1. The van der Waals surface area contributed by atoms with Gasteiger partial charge in [-0.3, -0.25) is 4.99 Å². The number of hydrogen-bond acceptors (Lipinski definition) is 2. The van der Waals surface area contributed by atoms with Gasteiger partial charge in [0.05, 0.1) is 7.85 Å². The molecule has 0 N–H and O–H groups in total. The number of nitrogens with zero attached hydrogens (tertiary/aromatic N) is 2. The van der Waals surface area contributed by atoms with Gasteiger partial charge in [0.25, 0.3) is 0 Å². The lowest BCUT2D eigenvalue weighted by atomic mass is 9.76. The Morgan fingerprint density at radius 2 is 2.03 bits per heavy atom. The van der Waals surface area contributed by atoms with Crippen molar-refractivity contribution in [3.63, 3.8) is 0 Å². The highest BCUT2D eigenvalue weighted by molar-refractivity contribution is 6.25. The minimum Gasteiger partial charge on any atom is -0.371 e. The molecule has 2 aliphatic rings. The van der Waals surface area contributed by atoms with Gasteiger partial charge in [-0.05, 0) is 63.6 Å². The van der Waals surface area contributed by atoms with E-state index in [9.17, 15) is 8.78 Å². The molecule has 1 heterocycles. The van der Waals surface area contributed by atoms with Crippen LogP contribution < -0.4 is 0 Å². The van der Waals surface area contributed by atoms with Gasteiger partial charge in [-0.1, -0.05) is 36.8 Å². The zero-order valence-electron chi connectivity index (χ0n) is 19.1. The number of rotatable bonds is 7. The highest BCUT2D eigenvalue weighted by Gasteiger charge is 2.70. The smallest absolute Gasteiger partial charge is 0.248 e. The summed E-state index contributed by atoms with van der Waals surface area (Å²) in [6.07, 6.45) is 3.36. The predicted molar refractivity (Wildman–Crippen MR) is 124 cm³/mol. The van der Waals surface area contributed by atoms with Gasteiger partial charge in [0.15, 0.2) is 0 Å². The van der Waals surface area contributed by atoms with Crippen molar-refractivity contribution >= 4 is 19.3 Å². The van der Waals surface area contributed by atoms with Crippen molar-refractivity contribution in [3.8, 4) is 0 Å². The molecule has 3 unspecified atom stereocenters. The van der Waals surface area contributed by atoms with Crippen LogP contribution in [0.5, 0.6) is 0 Å². The zero-order valence-corrected chi connectivity index (χ0v) is 19.1. The molecule has 0 bridgehead atoms. The summed E-state index contributed by atoms with van der Waals surface area (Å²) in [5, 5.41) is -0.315. The summed E-state index contributed by atoms with van der Waals surface area (Å²) in [4.78, 5) is 6.78. The number of piperidine rings is 1. The summed E-state index contributed by atoms with van der Waals surface area (Å²) in [5.41, 5.74) is 5.90. The third-order valence-electron chi connectivity index (χ3n) is 6.89. The average molecular weight is 410 g/mol. The molecule has 0 amide bonds. The van der Waals surface area contributed by atoms with Gasteiger partial charge in [-0.25, -0.2) is 8.78 Å². The molecule has 1 saturated heterocycles. The first-order valence-corrected chi connectivity index (χ1v) is 10.7. The molecule has 0 spiro atoms. The van der Waals surface area contributed by atoms with Crippen molar-refractivity contribution < 1.29 is 8.78 Å². The van der Waals surface area contributed by atoms with E-state index in [4.69, 9.17) is 7.85 Å². The molecular formula is C25H33BF2N2. The summed E-state index contributed by atoms with van der Waals surface area (Å²) in [6.45, 7) is 14.6. The van der Waals surface area contributed by atoms with Crippen molar-refractivity contribution in [2.24, 2.45) is 16.3 Å². The predicted octanol–water partition coefficient (Wildman–Crippen LogP) is 5.87. The van der Waals surface area contributed by atoms with E-state index >= 15 is 0 Å². The standard InChI is InChI=1S/C25H33BF2N2/c1-16(2)10-22(29-7)24-13-25(24,26)15-30(14-24)19(5)21-11-17(3)8-9-20(21)12-18(4)23(6,27)28/h8-11,18H,5,12-15H2,1-4,6-7H3. The highest BCUT2D eigenvalue weighted by Crippen LogP contribution is 2.73. The van der Waals surface area contributed by atoms with Crippen LogP contribution in [0.15, 0.2) is 41.4 Å². The Morgan fingerprint density at radius 3 is 2.60 bits per heavy atom. The molecule has 1 aromatic rings. The normalized spacial score (nSPS) is 26.9. The van der Waals surface area contributed by atoms with E-state index in [-0.39, 0.29) is 10.7 Å². The van der Waals surface area contributed by atoms with E-state index in [1.807, 2.05) is 26.1 Å². The van der Waals surface area contributed by atoms with Crippen LogP contribution in [0.2, 0.25) is 5.31 Å². The van der Waals surface area contributed by atoms with Crippen molar-refractivity contribution in [2.75, 3.05) is 20.1 Å². The summed E-state index contributed by atoms with van der Waals surface area (Å²) in [7, 11) is 8.58. The first-order chi connectivity index (χ1) is 13.8. The number of halogens is 2. The molecule has 0 aromatic heterocycles. The monoisotopic (exact) mass is 410 g/mol. The average Bonchev–Trinajstić information content (AvgIpc) is 3.11. The Kier molecular flexibility index (Phi) is 5.81. The minimum absolute atomic E-state index is 0.157. The molecule has 3 atom stereocenters. The van der Waals surface area contributed by atoms with Crippen LogP contribution in [0.25, 0.3) is 5.70 Å². The van der Waals surface area contributed by atoms with Crippen LogP contribution in [-0.4, -0.2) is 44.5 Å². The zero-order chi connectivity index (χ0) is 22.5. The topological polar surface area (TPSA) is 15.6 Å². The van der Waals surface area contributed by atoms with E-state index in [2.05, 4.69) is 42.5 Å². The molecule has 2 radical (unpaired) electrons. The molecule has 2 nitrogen and oxygen atoms in total. The van der Waals surface area contributed by atoms with Crippen LogP contribution in [0.4, 0.5) is 8.78 Å². The van der Waals surface area contributed by atoms with Gasteiger partial charge >= 0.3 is 0 Å². The van der Waals surface area contributed by atoms with Crippen molar-refractivity contribution in [3.05, 3.63) is 53.1 Å². The Bertz CT molecular complexity index is 910. The lowest BCUT2D eigenvalue weighted by molar-refractivity contribution is -0.0320. The molecule has 1 aliphatic carbocycles. The van der Waals surface area contributed by atoms with Gasteiger partial charge in [0, 0.05) is 48.4 Å². The second kappa shape index (κ2) is 7.65. The van der Waals surface area contributed by atoms with Crippen LogP contribution in [0, 0.1) is 18.3 Å². The van der Waals surface area contributed by atoms with Crippen molar-refractivity contribution in [2.45, 2.75) is 58.7 Å². The summed E-state index contributed by atoms with van der Waals surface area (Å²) in [5.74, 6) is -3.47. The maximum Gasteiger partial charge on any atom is 0.248 e. The number of allylic oxidation sites excluding steroid dienone is 2. The second-order valence-corrected chi connectivity index (χ2v) is 9.77. The number of likely N-dealkylation sites (tertiary alicyclic amines) is 1. The Labute approximate surface area is 181 Å². The van der Waals surface area contributed by atoms with Crippen molar-refractivity contribution in [1.82, 2.24) is 4.90 Å². The number of aliphatic imine (C=N–C) groups is 1. The molecule has 1 saturated carbocycles. The number of benzene rings is 1. The summed E-state index contributed by atoms with van der Waals surface area (Å²) >= 11 is 0. The number of aryl methyl sites for hydroxylation is 1. The Hall–Kier alpha value is -1.91. The van der Waals surface area contributed by atoms with Gasteiger partial charge in [0.1, 0.15) is 0 Å². The fourth-order valence-electron chi connectivity index (χ4n) is 4.76. The number of hydrogen-bond donors (Lipinski definition) is 0. The summed E-state index contributed by atoms with van der Waals surface area (Å²) in [6, 6.07) is 6.00. The Balaban J connectivity index is 1.89. The SMILES string of the molecule is [B]C12CN(C(=C)c3cc(C)ccc3CC(C)C(C)(F)F)CC1(C(C=C(C)C)=NC)C2. The third-order valence-corrected chi connectivity index (χ3v) is 6.89. The fourth-order valence-corrected chi connectivity index (χ4v) is 4.76. The molecule has 160 valence electrons. The van der Waals surface area contributed by atoms with Crippen molar-refractivity contribution in [1.29, 1.82) is 0 Å². The minimum atomic E-state index is -2.72. The molecular weight excluding hydrogens is 377 g/mol. The first kappa shape index (κ1) is 22.8. The van der Waals surface area contributed by atoms with Gasteiger partial charge in [-0.15, -0.1) is 0 Å². The van der Waals surface area contributed by atoms with E-state index in [1.54, 1.807) is 6.92 Å². The van der Waals surface area contributed by atoms with Crippen LogP contribution >= 0.6 is 0 Å². The van der Waals surface area contributed by atoms with E-state index in [0.717, 1.165) is 48.0 Å². The van der Waals surface area contributed by atoms with Gasteiger partial charge in [0.2, 0.25) is 5.92 Å². The molecule has 2 fully saturated rings. The lowest BCUT2D eigenvalue weighted by Crippen LogP contribution is -2.28. The summed E-state index contributed by atoms with van der Waals surface area (Å²) < 4.78 is 27.7. The second-order valence-electron chi connectivity index (χ2n) is 9.77. The molecule has 3 rings (SSSR count). The molecule has 1 aliphatic heterocycles. The lowest BCUT2D eigenvalue weighted by Gasteiger charge is -2.28. The van der Waals surface area contributed by atoms with Gasteiger partial charge in [-0.2, -0.15) is 0 Å². The maximum atomic E-state index is 13.8. The molecule has 1 aromatic carbocycles. The maximum absolute atomic E-state index is 13.8. The van der Waals surface area contributed by atoms with Gasteiger partial charge < -0.3 is 4.90 Å². The molecule has 30 heavy (non-hydrogen) atoms. The fraction of sp³-hybridized carbons (Fsp3) is 0.560. The van der Waals surface area contributed by atoms with Crippen LogP contribution in [0.3, 0.4) is 0 Å². The molecule has 5 heteroatoms. The highest BCUT2D eigenvalue weighted by atomic mass is 19.3. The quantitative estimate of drug-likeness (QED) is 0.406. The van der Waals surface area contributed by atoms with Crippen LogP contribution in [0.1, 0.15) is 50.8 Å². The number of alkyl halides is 2. The van der Waals surface area contributed by atoms with Crippen LogP contribution in [-0.2, 0) is 6.42 Å². The first-order valence-electron chi connectivity index (χ1n) is 10.7. The third kappa shape index (κ3) is 4.00. The largest absolute Gasteiger partial charge is 0.371 e. The van der Waals surface area contributed by atoms with E-state index in [0.29, 0.717) is 13.0 Å². The Morgan fingerprint density at radius 1 is 1.37 bits per heavy atom.